The average molecular weight is 445 g/mol. The highest BCUT2D eigenvalue weighted by Crippen LogP contribution is 2.19. The molecule has 2 aromatic rings. The Bertz CT molecular complexity index is 839. The van der Waals surface area contributed by atoms with Crippen LogP contribution >= 0.6 is 0 Å². The van der Waals surface area contributed by atoms with Crippen LogP contribution in [-0.2, 0) is 9.53 Å². The predicted octanol–water partition coefficient (Wildman–Crippen LogP) is 5.55. The van der Waals surface area contributed by atoms with Crippen LogP contribution in [0.4, 0.5) is 0 Å². The quantitative estimate of drug-likeness (QED) is 0.190. The van der Waals surface area contributed by atoms with Crippen molar-refractivity contribution in [2.45, 2.75) is 78.1 Å². The number of hydrogen-bond acceptors (Lipinski definition) is 5. The first-order valence-corrected chi connectivity index (χ1v) is 12.3. The fourth-order valence-corrected chi connectivity index (χ4v) is 3.73. The highest BCUT2D eigenvalue weighted by molar-refractivity contribution is 5.79. The number of aromatic nitrogens is 1. The summed E-state index contributed by atoms with van der Waals surface area (Å²) in [5, 5.41) is 4.18. The van der Waals surface area contributed by atoms with E-state index >= 15 is 0 Å². The molecule has 0 unspecified atom stereocenters. The zero-order valence-corrected chi connectivity index (χ0v) is 19.8. The van der Waals surface area contributed by atoms with Crippen molar-refractivity contribution in [2.75, 3.05) is 19.9 Å². The molecule has 0 radical (unpaired) electrons. The molecule has 0 saturated heterocycles. The minimum atomic E-state index is -0.116. The van der Waals surface area contributed by atoms with Crippen molar-refractivity contribution in [3.63, 3.8) is 0 Å². The van der Waals surface area contributed by atoms with Crippen LogP contribution in [0.2, 0.25) is 0 Å². The van der Waals surface area contributed by atoms with Crippen molar-refractivity contribution < 1.29 is 14.3 Å². The second-order valence-electron chi connectivity index (χ2n) is 8.42. The number of fused-ring (bicyclic) bond motifs is 1. The zero-order chi connectivity index (χ0) is 23.0. The fraction of sp³-hybridized carbons (Fsp3) is 0.615. The Kier molecular flexibility index (Phi) is 12.5. The van der Waals surface area contributed by atoms with Gasteiger partial charge in [0.05, 0.1) is 18.0 Å². The van der Waals surface area contributed by atoms with E-state index in [2.05, 4.69) is 24.1 Å². The molecule has 6 nitrogen and oxygen atoms in total. The molecule has 0 aliphatic heterocycles. The molecule has 0 spiro atoms. The Balaban J connectivity index is 1.58. The molecule has 0 aliphatic carbocycles. The molecule has 6 heteroatoms. The largest absolute Gasteiger partial charge is 0.494 e. The van der Waals surface area contributed by atoms with Gasteiger partial charge in [0.1, 0.15) is 12.5 Å². The number of H-pyrrole nitrogens is 1. The van der Waals surface area contributed by atoms with Gasteiger partial charge < -0.3 is 14.5 Å². The lowest BCUT2D eigenvalue weighted by Crippen LogP contribution is -2.26. The van der Waals surface area contributed by atoms with E-state index in [1.54, 1.807) is 6.07 Å². The Hall–Kier alpha value is -2.34. The highest BCUT2D eigenvalue weighted by Gasteiger charge is 2.19. The summed E-state index contributed by atoms with van der Waals surface area (Å²) in [7, 11) is 0. The lowest BCUT2D eigenvalue weighted by Gasteiger charge is -2.16. The Labute approximate surface area is 192 Å². The van der Waals surface area contributed by atoms with Gasteiger partial charge in [-0.1, -0.05) is 52.4 Å². The number of hydrogen-bond donors (Lipinski definition) is 2. The summed E-state index contributed by atoms with van der Waals surface area (Å²) in [4.78, 5) is 26.7. The normalized spacial score (nSPS) is 11.2. The van der Waals surface area contributed by atoms with Crippen molar-refractivity contribution in [3.8, 4) is 5.75 Å². The molecular formula is C26H40N2O4. The van der Waals surface area contributed by atoms with E-state index in [1.165, 1.54) is 31.7 Å². The van der Waals surface area contributed by atoms with Crippen molar-refractivity contribution in [1.82, 2.24) is 10.3 Å². The second kappa shape index (κ2) is 15.5. The monoisotopic (exact) mass is 444 g/mol. The summed E-state index contributed by atoms with van der Waals surface area (Å²) in [6, 6.07) is 9.03. The minimum absolute atomic E-state index is 0.0418. The smallest absolute Gasteiger partial charge is 0.310 e. The Morgan fingerprint density at radius 3 is 2.41 bits per heavy atom. The van der Waals surface area contributed by atoms with Gasteiger partial charge in [-0.25, -0.2) is 0 Å². The average Bonchev–Trinajstić information content (AvgIpc) is 2.79. The SMILES string of the molecule is CCCCCC(CCCCC)C(=O)OCNCCCCOc1ccc2ccc(=O)[nH]c2c1. The van der Waals surface area contributed by atoms with Crippen molar-refractivity contribution in [3.05, 3.63) is 40.7 Å². The van der Waals surface area contributed by atoms with E-state index in [-0.39, 0.29) is 24.2 Å². The number of nitrogens with one attached hydrogen (secondary N) is 2. The van der Waals surface area contributed by atoms with Crippen LogP contribution in [0.15, 0.2) is 35.1 Å². The maximum Gasteiger partial charge on any atom is 0.310 e. The predicted molar refractivity (Wildman–Crippen MR) is 130 cm³/mol. The number of carbonyl (C=O) groups excluding carboxylic acids is 1. The van der Waals surface area contributed by atoms with Crippen LogP contribution in [0.1, 0.15) is 78.1 Å². The first kappa shape index (κ1) is 25.9. The molecule has 0 fully saturated rings. The molecule has 0 aliphatic rings. The van der Waals surface area contributed by atoms with Crippen molar-refractivity contribution >= 4 is 16.9 Å². The summed E-state index contributed by atoms with van der Waals surface area (Å²) >= 11 is 0. The number of aromatic amines is 1. The van der Waals surface area contributed by atoms with E-state index in [1.807, 2.05) is 18.2 Å². The molecule has 0 bridgehead atoms. The van der Waals surface area contributed by atoms with Gasteiger partial charge in [-0.2, -0.15) is 0 Å². The standard InChI is InChI=1S/C26H40N2O4/c1-3-5-7-11-22(12-8-6-4-2)26(30)32-20-27-17-9-10-18-31-23-15-13-21-14-16-25(29)28-24(21)19-23/h13-16,19,22,27H,3-12,17-18,20H2,1-2H3,(H,28,29). The third-order valence-corrected chi connectivity index (χ3v) is 5.68. The third kappa shape index (κ3) is 9.86. The minimum Gasteiger partial charge on any atom is -0.494 e. The molecule has 1 heterocycles. The van der Waals surface area contributed by atoms with E-state index in [0.717, 1.165) is 61.7 Å². The number of unbranched alkanes of at least 4 members (excludes halogenated alkanes) is 5. The maximum absolute atomic E-state index is 12.4. The number of esters is 1. The van der Waals surface area contributed by atoms with E-state index in [9.17, 15) is 9.59 Å². The molecule has 32 heavy (non-hydrogen) atoms. The zero-order valence-electron chi connectivity index (χ0n) is 19.8. The van der Waals surface area contributed by atoms with Crippen LogP contribution in [0, 0.1) is 5.92 Å². The molecule has 1 aromatic carbocycles. The summed E-state index contributed by atoms with van der Waals surface area (Å²) in [6.45, 7) is 6.02. The van der Waals surface area contributed by atoms with Gasteiger partial charge in [0, 0.05) is 12.1 Å². The number of pyridine rings is 1. The van der Waals surface area contributed by atoms with E-state index in [0.29, 0.717) is 6.61 Å². The van der Waals surface area contributed by atoms with Gasteiger partial charge in [-0.05, 0) is 55.8 Å². The lowest BCUT2D eigenvalue weighted by molar-refractivity contribution is -0.150. The molecular weight excluding hydrogens is 404 g/mol. The number of benzene rings is 1. The molecule has 178 valence electrons. The van der Waals surface area contributed by atoms with Crippen molar-refractivity contribution in [1.29, 1.82) is 0 Å². The highest BCUT2D eigenvalue weighted by atomic mass is 16.5. The molecule has 1 aromatic heterocycles. The van der Waals surface area contributed by atoms with Crippen LogP contribution in [0.3, 0.4) is 0 Å². The molecule has 0 saturated carbocycles. The Morgan fingerprint density at radius 1 is 0.969 bits per heavy atom. The third-order valence-electron chi connectivity index (χ3n) is 5.68. The van der Waals surface area contributed by atoms with Gasteiger partial charge in [-0.15, -0.1) is 0 Å². The first-order valence-electron chi connectivity index (χ1n) is 12.3. The maximum atomic E-state index is 12.4. The van der Waals surface area contributed by atoms with E-state index < -0.39 is 0 Å². The van der Waals surface area contributed by atoms with Gasteiger partial charge in [0.25, 0.3) is 0 Å². The number of rotatable bonds is 17. The lowest BCUT2D eigenvalue weighted by atomic mass is 9.95. The van der Waals surface area contributed by atoms with Crippen LogP contribution < -0.4 is 15.6 Å². The number of carbonyl (C=O) groups is 1. The Morgan fingerprint density at radius 2 is 1.69 bits per heavy atom. The molecule has 2 rings (SSSR count). The summed E-state index contributed by atoms with van der Waals surface area (Å²) in [5.74, 6) is 0.737. The van der Waals surface area contributed by atoms with Gasteiger partial charge in [-0.3, -0.25) is 14.9 Å². The van der Waals surface area contributed by atoms with Crippen LogP contribution in [-0.4, -0.2) is 30.8 Å². The molecule has 0 amide bonds. The molecule has 2 N–H and O–H groups in total. The first-order chi connectivity index (χ1) is 15.6. The second-order valence-corrected chi connectivity index (χ2v) is 8.42. The molecule has 0 atom stereocenters. The fourth-order valence-electron chi connectivity index (χ4n) is 3.73. The van der Waals surface area contributed by atoms with Gasteiger partial charge in [0.2, 0.25) is 5.56 Å². The van der Waals surface area contributed by atoms with Crippen molar-refractivity contribution in [2.24, 2.45) is 5.92 Å². The summed E-state index contributed by atoms with van der Waals surface area (Å²) in [6.07, 6.45) is 10.6. The van der Waals surface area contributed by atoms with Crippen LogP contribution in [0.5, 0.6) is 5.75 Å². The topological polar surface area (TPSA) is 80.4 Å². The van der Waals surface area contributed by atoms with E-state index in [4.69, 9.17) is 9.47 Å². The summed E-state index contributed by atoms with van der Waals surface area (Å²) < 4.78 is 11.3. The van der Waals surface area contributed by atoms with Crippen LogP contribution in [0.25, 0.3) is 10.9 Å². The number of ether oxygens (including phenoxy) is 2. The summed E-state index contributed by atoms with van der Waals surface area (Å²) in [5.41, 5.74) is 0.663. The van der Waals surface area contributed by atoms with Gasteiger partial charge in [0.15, 0.2) is 0 Å². The van der Waals surface area contributed by atoms with Gasteiger partial charge >= 0.3 is 5.97 Å².